The molecule has 0 aliphatic heterocycles. The molecule has 0 aromatic carbocycles. The minimum absolute atomic E-state index is 0.543. The quantitative estimate of drug-likeness (QED) is 0.452. The van der Waals surface area contributed by atoms with Crippen LogP contribution in [0, 0.1) is 5.95 Å². The van der Waals surface area contributed by atoms with Crippen LogP contribution in [0.25, 0.3) is 0 Å². The molecule has 4 heteroatoms. The molecule has 2 nitrogen and oxygen atoms in total. The van der Waals surface area contributed by atoms with Gasteiger partial charge in [0.25, 0.3) is 0 Å². The second-order valence-electron chi connectivity index (χ2n) is 1.77. The van der Waals surface area contributed by atoms with E-state index >= 15 is 0 Å². The first-order valence-corrected chi connectivity index (χ1v) is 4.21. The first-order valence-electron chi connectivity index (χ1n) is 2.65. The predicted molar refractivity (Wildman–Crippen MR) is 36.5 cm³/mol. The summed E-state index contributed by atoms with van der Waals surface area (Å²) in [6.07, 6.45) is 2.79. The summed E-state index contributed by atoms with van der Waals surface area (Å²) in [5.74, 6) is -0.547. The van der Waals surface area contributed by atoms with Crippen LogP contribution >= 0.6 is 0 Å². The first kappa shape index (κ1) is 7.50. The standard InChI is InChI=1S/C6H6FNOS/c1-10(9)5-2-3-6(7)8-4-5/h2-4H,1H3. The first-order chi connectivity index (χ1) is 4.70. The number of aromatic nitrogens is 1. The van der Waals surface area contributed by atoms with Crippen LogP contribution in [-0.2, 0) is 11.2 Å². The molecular formula is C6H6FNOS. The third kappa shape index (κ3) is 1.68. The van der Waals surface area contributed by atoms with Gasteiger partial charge in [0.05, 0.1) is 6.20 Å². The average molecular weight is 159 g/mol. The molecule has 1 aromatic rings. The minimum atomic E-state index is -1.07. The highest BCUT2D eigenvalue weighted by Crippen LogP contribution is 2.05. The summed E-state index contributed by atoms with van der Waals surface area (Å²) in [5.41, 5.74) is 0. The molecule has 54 valence electrons. The zero-order chi connectivity index (χ0) is 7.56. The van der Waals surface area contributed by atoms with Gasteiger partial charge < -0.3 is 4.55 Å². The van der Waals surface area contributed by atoms with Gasteiger partial charge in [-0.2, -0.15) is 4.39 Å². The molecule has 1 heterocycles. The molecule has 0 saturated carbocycles. The van der Waals surface area contributed by atoms with Crippen molar-refractivity contribution >= 4 is 11.2 Å². The monoisotopic (exact) mass is 159 g/mol. The van der Waals surface area contributed by atoms with Crippen LogP contribution in [0.5, 0.6) is 0 Å². The number of rotatable bonds is 1. The highest BCUT2D eigenvalue weighted by Gasteiger charge is 2.02. The lowest BCUT2D eigenvalue weighted by molar-refractivity contribution is 0.577. The van der Waals surface area contributed by atoms with Crippen LogP contribution in [0.4, 0.5) is 4.39 Å². The van der Waals surface area contributed by atoms with E-state index < -0.39 is 17.1 Å². The normalized spacial score (nSPS) is 13.1. The van der Waals surface area contributed by atoms with Gasteiger partial charge in [0.1, 0.15) is 6.26 Å². The fraction of sp³-hybridized carbons (Fsp3) is 0.167. The third-order valence-corrected chi connectivity index (χ3v) is 1.94. The van der Waals surface area contributed by atoms with E-state index in [0.29, 0.717) is 4.90 Å². The summed E-state index contributed by atoms with van der Waals surface area (Å²) in [6.45, 7) is 0. The van der Waals surface area contributed by atoms with Crippen molar-refractivity contribution in [2.45, 2.75) is 4.90 Å². The second kappa shape index (κ2) is 2.98. The van der Waals surface area contributed by atoms with Gasteiger partial charge in [0, 0.05) is 0 Å². The molecule has 0 N–H and O–H groups in total. The van der Waals surface area contributed by atoms with E-state index in [1.54, 1.807) is 0 Å². The molecule has 1 rings (SSSR count). The van der Waals surface area contributed by atoms with Crippen molar-refractivity contribution in [1.82, 2.24) is 4.98 Å². The van der Waals surface area contributed by atoms with E-state index in [2.05, 4.69) is 4.98 Å². The Balaban J connectivity index is 2.89. The fourth-order valence-electron chi connectivity index (χ4n) is 0.532. The van der Waals surface area contributed by atoms with Gasteiger partial charge in [0.15, 0.2) is 4.90 Å². The van der Waals surface area contributed by atoms with Crippen LogP contribution < -0.4 is 0 Å². The van der Waals surface area contributed by atoms with Crippen LogP contribution in [0.1, 0.15) is 0 Å². The molecule has 0 spiro atoms. The lowest BCUT2D eigenvalue weighted by Crippen LogP contribution is -1.97. The Hall–Kier alpha value is -0.610. The van der Waals surface area contributed by atoms with Crippen molar-refractivity contribution in [1.29, 1.82) is 0 Å². The van der Waals surface area contributed by atoms with Crippen LogP contribution in [0.2, 0.25) is 0 Å². The lowest BCUT2D eigenvalue weighted by Gasteiger charge is -2.01. The zero-order valence-electron chi connectivity index (χ0n) is 5.37. The van der Waals surface area contributed by atoms with Gasteiger partial charge in [-0.25, -0.2) is 4.98 Å². The smallest absolute Gasteiger partial charge is 0.213 e. The summed E-state index contributed by atoms with van der Waals surface area (Å²) in [7, 11) is 0. The number of nitrogens with zero attached hydrogens (tertiary/aromatic N) is 1. The fourth-order valence-corrected chi connectivity index (χ4v) is 0.993. The van der Waals surface area contributed by atoms with Gasteiger partial charge in [-0.15, -0.1) is 0 Å². The maximum absolute atomic E-state index is 12.1. The van der Waals surface area contributed by atoms with Crippen molar-refractivity contribution in [3.05, 3.63) is 24.3 Å². The summed E-state index contributed by atoms with van der Waals surface area (Å²) in [4.78, 5) is 3.88. The molecule has 1 aromatic heterocycles. The van der Waals surface area contributed by atoms with Crippen LogP contribution in [0.3, 0.4) is 0 Å². The summed E-state index contributed by atoms with van der Waals surface area (Å²) in [5, 5.41) is 0. The Morgan fingerprint density at radius 3 is 2.70 bits per heavy atom. The third-order valence-electron chi connectivity index (χ3n) is 1.03. The Morgan fingerprint density at radius 1 is 1.60 bits per heavy atom. The topological polar surface area (TPSA) is 36.0 Å². The highest BCUT2D eigenvalue weighted by atomic mass is 32.2. The molecule has 10 heavy (non-hydrogen) atoms. The summed E-state index contributed by atoms with van der Waals surface area (Å²) >= 11 is -1.07. The molecule has 0 radical (unpaired) electrons. The van der Waals surface area contributed by atoms with Gasteiger partial charge in [0.2, 0.25) is 5.95 Å². The van der Waals surface area contributed by atoms with Crippen molar-refractivity contribution < 1.29 is 8.94 Å². The molecule has 0 fully saturated rings. The molecule has 0 aliphatic rings. The molecule has 1 unspecified atom stereocenters. The zero-order valence-corrected chi connectivity index (χ0v) is 6.19. The van der Waals surface area contributed by atoms with Gasteiger partial charge in [-0.1, -0.05) is 0 Å². The van der Waals surface area contributed by atoms with Crippen molar-refractivity contribution in [2.75, 3.05) is 6.26 Å². The predicted octanol–water partition coefficient (Wildman–Crippen LogP) is 0.958. The molecule has 1 atom stereocenters. The lowest BCUT2D eigenvalue weighted by atomic mass is 10.5. The molecule has 0 aliphatic carbocycles. The molecular weight excluding hydrogens is 153 g/mol. The van der Waals surface area contributed by atoms with E-state index in [0.717, 1.165) is 0 Å². The van der Waals surface area contributed by atoms with Crippen LogP contribution in [-0.4, -0.2) is 15.8 Å². The molecule has 0 amide bonds. The largest absolute Gasteiger partial charge is 0.612 e. The van der Waals surface area contributed by atoms with Crippen molar-refractivity contribution in [2.24, 2.45) is 0 Å². The van der Waals surface area contributed by atoms with E-state index in [4.69, 9.17) is 0 Å². The number of hydrogen-bond donors (Lipinski definition) is 0. The maximum Gasteiger partial charge on any atom is 0.213 e. The van der Waals surface area contributed by atoms with Gasteiger partial charge >= 0.3 is 0 Å². The number of halogens is 1. The van der Waals surface area contributed by atoms with Crippen molar-refractivity contribution in [3.63, 3.8) is 0 Å². The molecule has 0 bridgehead atoms. The van der Waals surface area contributed by atoms with E-state index in [1.807, 2.05) is 0 Å². The molecule has 0 saturated heterocycles. The number of pyridine rings is 1. The number of hydrogen-bond acceptors (Lipinski definition) is 2. The maximum atomic E-state index is 12.1. The Labute approximate surface area is 61.3 Å². The Kier molecular flexibility index (Phi) is 2.24. The van der Waals surface area contributed by atoms with Crippen LogP contribution in [0.15, 0.2) is 23.2 Å². The van der Waals surface area contributed by atoms with E-state index in [-0.39, 0.29) is 0 Å². The van der Waals surface area contributed by atoms with E-state index in [1.165, 1.54) is 24.6 Å². The summed E-state index contributed by atoms with van der Waals surface area (Å²) in [6, 6.07) is 2.65. The average Bonchev–Trinajstić information content (AvgIpc) is 1.88. The SMILES string of the molecule is C[S+]([O-])c1ccc(F)nc1. The van der Waals surface area contributed by atoms with Crippen molar-refractivity contribution in [3.8, 4) is 0 Å². The highest BCUT2D eigenvalue weighted by molar-refractivity contribution is 7.90. The van der Waals surface area contributed by atoms with E-state index in [9.17, 15) is 8.94 Å². The second-order valence-corrected chi connectivity index (χ2v) is 3.15. The minimum Gasteiger partial charge on any atom is -0.612 e. The Bertz CT molecular complexity index is 211. The Morgan fingerprint density at radius 2 is 2.30 bits per heavy atom. The summed E-state index contributed by atoms with van der Waals surface area (Å²) < 4.78 is 22.8. The van der Waals surface area contributed by atoms with Gasteiger partial charge in [-0.05, 0) is 23.3 Å². The van der Waals surface area contributed by atoms with Gasteiger partial charge in [-0.3, -0.25) is 0 Å².